The molecule has 1 N–H and O–H groups in total. The van der Waals surface area contributed by atoms with E-state index >= 15 is 0 Å². The fraction of sp³-hybridized carbons (Fsp3) is 0.594. The van der Waals surface area contributed by atoms with E-state index in [2.05, 4.69) is 0 Å². The highest BCUT2D eigenvalue weighted by Crippen LogP contribution is 2.41. The Kier molecular flexibility index (Phi) is 9.00. The van der Waals surface area contributed by atoms with E-state index in [9.17, 15) is 19.5 Å². The molecule has 1 saturated heterocycles. The van der Waals surface area contributed by atoms with E-state index in [4.69, 9.17) is 4.74 Å². The fourth-order valence-electron chi connectivity index (χ4n) is 6.38. The van der Waals surface area contributed by atoms with Crippen LogP contribution in [0.5, 0.6) is 0 Å². The zero-order valence-corrected chi connectivity index (χ0v) is 23.9. The van der Waals surface area contributed by atoms with Crippen LogP contribution in [0.25, 0.3) is 11.1 Å². The first-order valence-corrected chi connectivity index (χ1v) is 14.5. The van der Waals surface area contributed by atoms with Gasteiger partial charge in [-0.05, 0) is 31.2 Å². The number of pyridine rings is 1. The molecule has 0 radical (unpaired) electrons. The topological polar surface area (TPSA) is 88.8 Å². The average molecular weight is 537 g/mol. The molecule has 1 amide bonds. The largest absolute Gasteiger partial charge is 0.462 e. The van der Waals surface area contributed by atoms with Crippen LogP contribution in [-0.4, -0.2) is 51.7 Å². The van der Waals surface area contributed by atoms with Crippen molar-refractivity contribution in [1.82, 2.24) is 9.47 Å². The van der Waals surface area contributed by atoms with Crippen molar-refractivity contribution in [3.63, 3.8) is 0 Å². The van der Waals surface area contributed by atoms with Gasteiger partial charge in [0.25, 0.3) is 5.56 Å². The average Bonchev–Trinajstić information content (AvgIpc) is 2.92. The zero-order valence-electron chi connectivity index (χ0n) is 23.9. The number of hydrogen-bond acceptors (Lipinski definition) is 5. The molecule has 4 rings (SSSR count). The Morgan fingerprint density at radius 1 is 1.13 bits per heavy atom. The van der Waals surface area contributed by atoms with Crippen molar-refractivity contribution in [2.75, 3.05) is 19.7 Å². The third-order valence-electron chi connectivity index (χ3n) is 8.92. The van der Waals surface area contributed by atoms with Crippen LogP contribution in [0.3, 0.4) is 0 Å². The number of ether oxygens (including phenoxy) is 1. The molecule has 1 saturated carbocycles. The van der Waals surface area contributed by atoms with Gasteiger partial charge >= 0.3 is 5.97 Å². The van der Waals surface area contributed by atoms with Crippen LogP contribution in [0.2, 0.25) is 0 Å². The molecule has 1 aromatic carbocycles. The van der Waals surface area contributed by atoms with Crippen LogP contribution in [-0.2, 0) is 16.1 Å². The first kappa shape index (κ1) is 29.1. The summed E-state index contributed by atoms with van der Waals surface area (Å²) in [7, 11) is 0. The molecule has 7 heteroatoms. The van der Waals surface area contributed by atoms with Gasteiger partial charge < -0.3 is 19.3 Å². The van der Waals surface area contributed by atoms with Crippen molar-refractivity contribution < 1.29 is 19.4 Å². The third kappa shape index (κ3) is 6.46. The van der Waals surface area contributed by atoms with E-state index in [1.54, 1.807) is 6.92 Å². The predicted molar refractivity (Wildman–Crippen MR) is 152 cm³/mol. The second-order valence-corrected chi connectivity index (χ2v) is 12.2. The van der Waals surface area contributed by atoms with Crippen molar-refractivity contribution in [3.8, 4) is 11.1 Å². The lowest BCUT2D eigenvalue weighted by Gasteiger charge is -2.51. The van der Waals surface area contributed by atoms with Crippen molar-refractivity contribution in [3.05, 3.63) is 58.5 Å². The molecule has 2 fully saturated rings. The van der Waals surface area contributed by atoms with E-state index in [1.807, 2.05) is 56.0 Å². The molecule has 2 aliphatic rings. The first-order chi connectivity index (χ1) is 18.5. The lowest BCUT2D eigenvalue weighted by molar-refractivity contribution is -0.157. The minimum absolute atomic E-state index is 0.0277. The molecular weight excluding hydrogens is 492 g/mol. The molecule has 0 bridgehead atoms. The Labute approximate surface area is 232 Å². The quantitative estimate of drug-likeness (QED) is 0.463. The van der Waals surface area contributed by atoms with Gasteiger partial charge in [-0.2, -0.15) is 0 Å². The van der Waals surface area contributed by atoms with Crippen LogP contribution < -0.4 is 5.56 Å². The van der Waals surface area contributed by atoms with E-state index in [-0.39, 0.29) is 36.1 Å². The highest BCUT2D eigenvalue weighted by Gasteiger charge is 2.49. The van der Waals surface area contributed by atoms with Crippen molar-refractivity contribution in [2.24, 2.45) is 17.3 Å². The maximum absolute atomic E-state index is 13.4. The number of carbonyl (C=O) groups excluding carboxylic acids is 2. The molecule has 2 unspecified atom stereocenters. The Morgan fingerprint density at radius 3 is 2.46 bits per heavy atom. The maximum Gasteiger partial charge on any atom is 0.340 e. The Morgan fingerprint density at radius 2 is 1.82 bits per heavy atom. The van der Waals surface area contributed by atoms with Gasteiger partial charge in [0.2, 0.25) is 5.91 Å². The summed E-state index contributed by atoms with van der Waals surface area (Å²) in [6.45, 7) is 8.78. The zero-order chi connectivity index (χ0) is 28.2. The summed E-state index contributed by atoms with van der Waals surface area (Å²) in [5.41, 5.74) is -0.654. The normalized spacial score (nSPS) is 22.3. The number of aliphatic hydroxyl groups is 1. The molecule has 212 valence electrons. The predicted octanol–water partition coefficient (Wildman–Crippen LogP) is 5.29. The van der Waals surface area contributed by atoms with Crippen LogP contribution in [0.15, 0.2) is 47.4 Å². The van der Waals surface area contributed by atoms with Gasteiger partial charge in [0.15, 0.2) is 0 Å². The summed E-state index contributed by atoms with van der Waals surface area (Å²) in [5, 5.41) is 11.9. The number of nitrogens with zero attached hydrogens (tertiary/aromatic N) is 2. The molecule has 39 heavy (non-hydrogen) atoms. The summed E-state index contributed by atoms with van der Waals surface area (Å²) in [5.74, 6) is 0.246. The Bertz CT molecular complexity index is 1210. The Hall–Kier alpha value is -2.93. The van der Waals surface area contributed by atoms with Crippen LogP contribution in [0, 0.1) is 17.3 Å². The molecule has 7 nitrogen and oxygen atoms in total. The number of esters is 1. The van der Waals surface area contributed by atoms with Crippen LogP contribution in [0.1, 0.15) is 83.0 Å². The highest BCUT2D eigenvalue weighted by atomic mass is 16.5. The van der Waals surface area contributed by atoms with Crippen molar-refractivity contribution >= 4 is 11.9 Å². The molecule has 2 atom stereocenters. The van der Waals surface area contributed by atoms with Gasteiger partial charge in [-0.15, -0.1) is 0 Å². The van der Waals surface area contributed by atoms with E-state index in [0.29, 0.717) is 31.0 Å². The number of carbonyl (C=O) groups is 2. The van der Waals surface area contributed by atoms with Gasteiger partial charge in [0.05, 0.1) is 24.3 Å². The highest BCUT2D eigenvalue weighted by molar-refractivity contribution is 5.96. The number of amides is 1. The molecular formula is C32H44N2O5. The van der Waals surface area contributed by atoms with Gasteiger partial charge in [-0.3, -0.25) is 9.59 Å². The molecule has 1 aliphatic heterocycles. The Balaban J connectivity index is 1.53. The molecule has 2 aromatic rings. The van der Waals surface area contributed by atoms with E-state index in [0.717, 1.165) is 12.0 Å². The SMILES string of the molecule is CCOC(=O)c1cn(CC2(O)CCN(C(=O)C(C)CC3CCCCC3)CC2(C)C)c(=O)cc1-c1ccccc1. The van der Waals surface area contributed by atoms with Crippen LogP contribution >= 0.6 is 0 Å². The first-order valence-electron chi connectivity index (χ1n) is 14.5. The van der Waals surface area contributed by atoms with Gasteiger partial charge in [-0.1, -0.05) is 83.2 Å². The maximum atomic E-state index is 13.4. The third-order valence-corrected chi connectivity index (χ3v) is 8.92. The molecule has 1 aliphatic carbocycles. The number of piperidine rings is 1. The molecule has 0 spiro atoms. The standard InChI is InChI=1S/C32H44N2O5/c1-5-39-30(37)27-20-34(28(35)19-26(27)25-14-10-7-11-15-25)22-32(38)16-17-33(21-31(32,3)4)29(36)23(2)18-24-12-8-6-9-13-24/h7,10-11,14-15,19-20,23-24,38H,5-6,8-9,12-13,16-18,21-22H2,1-4H3. The smallest absolute Gasteiger partial charge is 0.340 e. The van der Waals surface area contributed by atoms with Gasteiger partial charge in [0, 0.05) is 42.2 Å². The van der Waals surface area contributed by atoms with E-state index in [1.165, 1.54) is 48.9 Å². The van der Waals surface area contributed by atoms with Gasteiger partial charge in [0.1, 0.15) is 0 Å². The number of hydrogen-bond donors (Lipinski definition) is 1. The lowest BCUT2D eigenvalue weighted by atomic mass is 9.69. The molecule has 2 heterocycles. The van der Waals surface area contributed by atoms with Gasteiger partial charge in [-0.25, -0.2) is 4.79 Å². The minimum atomic E-state index is -1.24. The summed E-state index contributed by atoms with van der Waals surface area (Å²) < 4.78 is 6.72. The summed E-state index contributed by atoms with van der Waals surface area (Å²) in [4.78, 5) is 41.4. The van der Waals surface area contributed by atoms with Crippen molar-refractivity contribution in [2.45, 2.75) is 84.8 Å². The number of likely N-dealkylation sites (tertiary alicyclic amines) is 1. The summed E-state index contributed by atoms with van der Waals surface area (Å²) >= 11 is 0. The minimum Gasteiger partial charge on any atom is -0.462 e. The lowest BCUT2D eigenvalue weighted by Crippen LogP contribution is -2.61. The number of benzene rings is 1. The monoisotopic (exact) mass is 536 g/mol. The summed E-state index contributed by atoms with van der Waals surface area (Å²) in [6, 6.07) is 10.7. The summed E-state index contributed by atoms with van der Waals surface area (Å²) in [6.07, 6.45) is 9.06. The van der Waals surface area contributed by atoms with Crippen molar-refractivity contribution in [1.29, 1.82) is 0 Å². The van der Waals surface area contributed by atoms with E-state index < -0.39 is 17.0 Å². The second kappa shape index (κ2) is 12.1. The number of rotatable bonds is 8. The van der Waals surface area contributed by atoms with Crippen LogP contribution in [0.4, 0.5) is 0 Å². The molecule has 1 aromatic heterocycles. The second-order valence-electron chi connectivity index (χ2n) is 12.2. The number of aromatic nitrogens is 1. The fourth-order valence-corrected chi connectivity index (χ4v) is 6.38.